The maximum Gasteiger partial charge on any atom is 0.420 e. The molecular formula is C22H26N4O7S3. The van der Waals surface area contributed by atoms with Gasteiger partial charge in [-0.3, -0.25) is 9.19 Å². The quantitative estimate of drug-likeness (QED) is 0.138. The molecule has 0 N–H and O–H groups in total. The Morgan fingerprint density at radius 2 is 1.92 bits per heavy atom. The van der Waals surface area contributed by atoms with Crippen molar-refractivity contribution in [2.45, 2.75) is 31.7 Å². The Balaban J connectivity index is 1.75. The molecule has 0 bridgehead atoms. The number of hydrogen-bond donors (Lipinski definition) is 0. The standard InChI is InChI=1S/C22H26N4O7S3/c1-14-5-6-17-19(11-14)25(22(27)32-7-9-34-35-10-8-33-26(28)29)21(24-17)36(30)13-18-16(3)20(31-4)15(2)12-23-18/h5-6,11-12H,7-10,13H2,1-4H3. The Hall–Kier alpha value is -2.84. The van der Waals surface area contributed by atoms with Gasteiger partial charge in [0.2, 0.25) is 5.16 Å². The van der Waals surface area contributed by atoms with Gasteiger partial charge in [0.1, 0.15) is 19.0 Å². The number of rotatable bonds is 12. The average Bonchev–Trinajstić information content (AvgIpc) is 3.21. The minimum Gasteiger partial charge on any atom is -0.496 e. The molecule has 14 heteroatoms. The maximum absolute atomic E-state index is 13.4. The number of carbonyl (C=O) groups excluding carboxylic acids is 1. The van der Waals surface area contributed by atoms with Crippen molar-refractivity contribution in [3.63, 3.8) is 0 Å². The highest BCUT2D eigenvalue weighted by molar-refractivity contribution is 8.76. The fourth-order valence-electron chi connectivity index (χ4n) is 3.39. The third-order valence-electron chi connectivity index (χ3n) is 5.02. The highest BCUT2D eigenvalue weighted by atomic mass is 33.1. The maximum atomic E-state index is 13.4. The van der Waals surface area contributed by atoms with E-state index in [1.54, 1.807) is 25.4 Å². The van der Waals surface area contributed by atoms with E-state index in [1.807, 2.05) is 26.8 Å². The fourth-order valence-corrected chi connectivity index (χ4v) is 6.28. The molecule has 3 rings (SSSR count). The molecule has 1 aromatic carbocycles. The number of pyridine rings is 1. The number of aromatic nitrogens is 3. The Morgan fingerprint density at radius 3 is 2.61 bits per heavy atom. The van der Waals surface area contributed by atoms with E-state index in [1.165, 1.54) is 26.2 Å². The summed E-state index contributed by atoms with van der Waals surface area (Å²) in [5.74, 6) is 1.62. The van der Waals surface area contributed by atoms with Crippen LogP contribution in [0.5, 0.6) is 5.75 Å². The normalized spacial score (nSPS) is 11.9. The minimum atomic E-state index is -1.69. The smallest absolute Gasteiger partial charge is 0.420 e. The number of methoxy groups -OCH3 is 1. The molecular weight excluding hydrogens is 528 g/mol. The van der Waals surface area contributed by atoms with E-state index in [2.05, 4.69) is 14.8 Å². The summed E-state index contributed by atoms with van der Waals surface area (Å²) in [5, 5.41) is 9.39. The summed E-state index contributed by atoms with van der Waals surface area (Å²) >= 11 is 0. The van der Waals surface area contributed by atoms with E-state index < -0.39 is 22.0 Å². The molecule has 11 nitrogen and oxygen atoms in total. The zero-order valence-electron chi connectivity index (χ0n) is 20.2. The number of carbonyl (C=O) groups is 1. The van der Waals surface area contributed by atoms with Gasteiger partial charge in [0.05, 0.1) is 40.4 Å². The number of hydrogen-bond acceptors (Lipinski definition) is 11. The number of imidazole rings is 1. The Labute approximate surface area is 218 Å². The van der Waals surface area contributed by atoms with E-state index in [9.17, 15) is 19.1 Å². The Morgan fingerprint density at radius 1 is 1.19 bits per heavy atom. The van der Waals surface area contributed by atoms with Crippen molar-refractivity contribution in [1.29, 1.82) is 0 Å². The first kappa shape index (κ1) is 27.7. The van der Waals surface area contributed by atoms with Gasteiger partial charge in [-0.05, 0) is 38.5 Å². The van der Waals surface area contributed by atoms with E-state index >= 15 is 0 Å². The van der Waals surface area contributed by atoms with Crippen molar-refractivity contribution >= 4 is 49.5 Å². The SMILES string of the molecule is COc1c(C)cnc(CS(=O)c2nc3ccc(C)cc3n2C(=O)OCCSSCCO[N+](=O)[O-])c1C. The summed E-state index contributed by atoms with van der Waals surface area (Å²) in [6.07, 6.45) is 0.984. The minimum absolute atomic E-state index is 0.0127. The van der Waals surface area contributed by atoms with Gasteiger partial charge in [-0.1, -0.05) is 27.7 Å². The monoisotopic (exact) mass is 554 g/mol. The molecule has 0 saturated heterocycles. The molecule has 0 aliphatic heterocycles. The molecule has 0 saturated carbocycles. The van der Waals surface area contributed by atoms with E-state index in [4.69, 9.17) is 9.47 Å². The lowest BCUT2D eigenvalue weighted by atomic mass is 10.1. The van der Waals surface area contributed by atoms with Crippen LogP contribution in [0.3, 0.4) is 0 Å². The Kier molecular flexibility index (Phi) is 9.96. The van der Waals surface area contributed by atoms with Crippen LogP contribution in [-0.2, 0) is 26.1 Å². The van der Waals surface area contributed by atoms with Gasteiger partial charge in [-0.2, -0.15) is 0 Å². The molecule has 36 heavy (non-hydrogen) atoms. The number of fused-ring (bicyclic) bond motifs is 1. The van der Waals surface area contributed by atoms with Crippen LogP contribution in [0, 0.1) is 30.9 Å². The van der Waals surface area contributed by atoms with Crippen LogP contribution in [0.15, 0.2) is 29.6 Å². The number of nitrogens with zero attached hydrogens (tertiary/aromatic N) is 4. The number of ether oxygens (including phenoxy) is 2. The van der Waals surface area contributed by atoms with Gasteiger partial charge in [-0.15, -0.1) is 10.1 Å². The zero-order chi connectivity index (χ0) is 26.2. The van der Waals surface area contributed by atoms with Crippen LogP contribution in [0.4, 0.5) is 4.79 Å². The number of benzene rings is 1. The van der Waals surface area contributed by atoms with Crippen LogP contribution >= 0.6 is 21.6 Å². The third-order valence-corrected chi connectivity index (χ3v) is 8.57. The molecule has 0 aliphatic rings. The molecule has 0 fully saturated rings. The fraction of sp³-hybridized carbons (Fsp3) is 0.409. The second-order valence-corrected chi connectivity index (χ2v) is 11.6. The van der Waals surface area contributed by atoms with Crippen molar-refractivity contribution in [3.05, 3.63) is 56.9 Å². The molecule has 0 amide bonds. The van der Waals surface area contributed by atoms with Crippen LogP contribution in [-0.4, -0.2) is 61.8 Å². The largest absolute Gasteiger partial charge is 0.496 e. The van der Waals surface area contributed by atoms with Crippen molar-refractivity contribution in [1.82, 2.24) is 14.5 Å². The van der Waals surface area contributed by atoms with E-state index in [0.717, 1.165) is 16.7 Å². The highest BCUT2D eigenvalue weighted by Crippen LogP contribution is 2.27. The molecule has 0 spiro atoms. The predicted octanol–water partition coefficient (Wildman–Crippen LogP) is 4.25. The molecule has 0 radical (unpaired) electrons. The second kappa shape index (κ2) is 12.9. The molecule has 1 atom stereocenters. The molecule has 194 valence electrons. The second-order valence-electron chi connectivity index (χ2n) is 7.57. The first-order valence-electron chi connectivity index (χ1n) is 10.8. The molecule has 0 aliphatic carbocycles. The van der Waals surface area contributed by atoms with Crippen LogP contribution in [0.2, 0.25) is 0 Å². The summed E-state index contributed by atoms with van der Waals surface area (Å²) in [6.45, 7) is 5.71. The van der Waals surface area contributed by atoms with E-state index in [0.29, 0.717) is 34.0 Å². The first-order chi connectivity index (χ1) is 17.2. The van der Waals surface area contributed by atoms with Gasteiger partial charge in [-0.25, -0.2) is 14.3 Å². The molecule has 1 unspecified atom stereocenters. The molecule has 2 heterocycles. The van der Waals surface area contributed by atoms with Gasteiger partial charge in [0, 0.05) is 28.8 Å². The summed E-state index contributed by atoms with van der Waals surface area (Å²) < 4.78 is 25.6. The lowest BCUT2D eigenvalue weighted by molar-refractivity contribution is -0.756. The van der Waals surface area contributed by atoms with Crippen LogP contribution < -0.4 is 4.74 Å². The van der Waals surface area contributed by atoms with Crippen LogP contribution in [0.25, 0.3) is 11.0 Å². The summed E-state index contributed by atoms with van der Waals surface area (Å²) in [7, 11) is 2.65. The lowest BCUT2D eigenvalue weighted by Gasteiger charge is -2.12. The first-order valence-corrected chi connectivity index (χ1v) is 14.6. The van der Waals surface area contributed by atoms with Crippen molar-refractivity contribution in [2.24, 2.45) is 0 Å². The van der Waals surface area contributed by atoms with Gasteiger partial charge in [0.15, 0.2) is 0 Å². The van der Waals surface area contributed by atoms with Crippen molar-refractivity contribution < 1.29 is 28.4 Å². The zero-order valence-corrected chi connectivity index (χ0v) is 22.7. The van der Waals surface area contributed by atoms with Crippen molar-refractivity contribution in [2.75, 3.05) is 31.8 Å². The van der Waals surface area contributed by atoms with Gasteiger partial charge >= 0.3 is 6.09 Å². The molecule has 2 aromatic heterocycles. The highest BCUT2D eigenvalue weighted by Gasteiger charge is 2.24. The Bertz CT molecular complexity index is 1280. The van der Waals surface area contributed by atoms with Gasteiger partial charge in [0.25, 0.3) is 5.09 Å². The topological polar surface area (TPSA) is 136 Å². The van der Waals surface area contributed by atoms with Gasteiger partial charge < -0.3 is 14.3 Å². The average molecular weight is 555 g/mol. The van der Waals surface area contributed by atoms with E-state index in [-0.39, 0.29) is 24.1 Å². The summed E-state index contributed by atoms with van der Waals surface area (Å²) in [5.41, 5.74) is 4.20. The summed E-state index contributed by atoms with van der Waals surface area (Å²) in [6, 6.07) is 5.43. The van der Waals surface area contributed by atoms with Crippen LogP contribution in [0.1, 0.15) is 22.4 Å². The van der Waals surface area contributed by atoms with Crippen molar-refractivity contribution in [3.8, 4) is 5.75 Å². The lowest BCUT2D eigenvalue weighted by Crippen LogP contribution is -2.19. The predicted molar refractivity (Wildman–Crippen MR) is 139 cm³/mol. The third kappa shape index (κ3) is 6.89. The summed E-state index contributed by atoms with van der Waals surface area (Å²) in [4.78, 5) is 36.3. The number of aryl methyl sites for hydroxylation is 2. The molecule has 3 aromatic rings.